The maximum atomic E-state index is 14.1. The van der Waals surface area contributed by atoms with E-state index in [1.807, 2.05) is 0 Å². The standard InChI is InChI=1S/C12H11FO5/c1-16-9-6(12(2-3-12)11(14)15)4-7-10(8(9)13)18-5-17-7/h4H,2-3,5H2,1H3,(H,14,15). The minimum atomic E-state index is -1.05. The Labute approximate surface area is 102 Å². The molecule has 5 nitrogen and oxygen atoms in total. The van der Waals surface area contributed by atoms with Gasteiger partial charge in [-0.25, -0.2) is 0 Å². The molecule has 0 unspecified atom stereocenters. The van der Waals surface area contributed by atoms with Crippen LogP contribution in [0.3, 0.4) is 0 Å². The van der Waals surface area contributed by atoms with E-state index in [1.165, 1.54) is 13.2 Å². The molecule has 18 heavy (non-hydrogen) atoms. The van der Waals surface area contributed by atoms with E-state index in [4.69, 9.17) is 14.2 Å². The second-order valence-corrected chi connectivity index (χ2v) is 4.39. The van der Waals surface area contributed by atoms with Gasteiger partial charge in [-0.05, 0) is 18.9 Å². The van der Waals surface area contributed by atoms with E-state index in [2.05, 4.69) is 0 Å². The topological polar surface area (TPSA) is 65.0 Å². The Morgan fingerprint density at radius 2 is 2.22 bits per heavy atom. The van der Waals surface area contributed by atoms with Gasteiger partial charge in [0.25, 0.3) is 0 Å². The van der Waals surface area contributed by atoms with E-state index in [0.717, 1.165) is 0 Å². The van der Waals surface area contributed by atoms with Gasteiger partial charge in [0.05, 0.1) is 12.5 Å². The molecule has 1 heterocycles. The number of hydrogen-bond acceptors (Lipinski definition) is 4. The quantitative estimate of drug-likeness (QED) is 0.889. The lowest BCUT2D eigenvalue weighted by atomic mass is 9.94. The maximum absolute atomic E-state index is 14.1. The fourth-order valence-corrected chi connectivity index (χ4v) is 2.26. The fourth-order valence-electron chi connectivity index (χ4n) is 2.26. The molecule has 0 atom stereocenters. The third-order valence-electron chi connectivity index (χ3n) is 3.44. The zero-order valence-corrected chi connectivity index (χ0v) is 9.66. The van der Waals surface area contributed by atoms with Crippen LogP contribution in [0.2, 0.25) is 0 Å². The number of aliphatic carboxylic acids is 1. The minimum Gasteiger partial charge on any atom is -0.493 e. The second-order valence-electron chi connectivity index (χ2n) is 4.39. The summed E-state index contributed by atoms with van der Waals surface area (Å²) in [6.45, 7) is -0.0705. The highest BCUT2D eigenvalue weighted by Crippen LogP contribution is 2.55. The van der Waals surface area contributed by atoms with Crippen molar-refractivity contribution in [2.24, 2.45) is 0 Å². The van der Waals surface area contributed by atoms with Crippen LogP contribution < -0.4 is 14.2 Å². The molecule has 1 aromatic carbocycles. The minimum absolute atomic E-state index is 0.0169. The molecular weight excluding hydrogens is 243 g/mol. The first-order chi connectivity index (χ1) is 8.60. The number of halogens is 1. The molecule has 96 valence electrons. The van der Waals surface area contributed by atoms with Crippen LogP contribution >= 0.6 is 0 Å². The number of hydrogen-bond donors (Lipinski definition) is 1. The molecule has 2 aliphatic rings. The summed E-state index contributed by atoms with van der Waals surface area (Å²) < 4.78 is 29.2. The van der Waals surface area contributed by atoms with Crippen molar-refractivity contribution >= 4 is 5.97 Å². The number of rotatable bonds is 3. The first-order valence-electron chi connectivity index (χ1n) is 5.50. The summed E-state index contributed by atoms with van der Waals surface area (Å²) in [7, 11) is 1.31. The van der Waals surface area contributed by atoms with Gasteiger partial charge in [0.2, 0.25) is 18.4 Å². The zero-order chi connectivity index (χ0) is 12.9. The van der Waals surface area contributed by atoms with Crippen molar-refractivity contribution in [2.75, 3.05) is 13.9 Å². The molecular formula is C12H11FO5. The number of fused-ring (bicyclic) bond motifs is 1. The summed E-state index contributed by atoms with van der Waals surface area (Å²) in [5.41, 5.74) is -0.730. The monoisotopic (exact) mass is 254 g/mol. The second kappa shape index (κ2) is 3.51. The number of benzene rings is 1. The first kappa shape index (κ1) is 11.1. The van der Waals surface area contributed by atoms with E-state index in [9.17, 15) is 14.3 Å². The molecule has 0 amide bonds. The van der Waals surface area contributed by atoms with Crippen LogP contribution in [0.25, 0.3) is 0 Å². The van der Waals surface area contributed by atoms with Gasteiger partial charge >= 0.3 is 5.97 Å². The largest absolute Gasteiger partial charge is 0.493 e. The van der Waals surface area contributed by atoms with Crippen molar-refractivity contribution in [3.8, 4) is 17.2 Å². The molecule has 1 aliphatic carbocycles. The van der Waals surface area contributed by atoms with E-state index in [-0.39, 0.29) is 24.0 Å². The predicted molar refractivity (Wildman–Crippen MR) is 57.6 cm³/mol. The van der Waals surface area contributed by atoms with Crippen LogP contribution in [-0.4, -0.2) is 25.0 Å². The Kier molecular flexibility index (Phi) is 2.17. The lowest BCUT2D eigenvalue weighted by molar-refractivity contribution is -0.140. The average molecular weight is 254 g/mol. The normalized spacial score (nSPS) is 18.6. The molecule has 0 saturated heterocycles. The summed E-state index contributed by atoms with van der Waals surface area (Å²) in [6.07, 6.45) is 0.940. The molecule has 1 aliphatic heterocycles. The molecule has 0 bridgehead atoms. The molecule has 0 spiro atoms. The SMILES string of the molecule is COc1c(C2(C(=O)O)CC2)cc2c(c1F)OCO2. The highest BCUT2D eigenvalue weighted by Gasteiger charge is 2.54. The highest BCUT2D eigenvalue weighted by atomic mass is 19.1. The molecule has 3 rings (SSSR count). The number of methoxy groups -OCH3 is 1. The van der Waals surface area contributed by atoms with Crippen LogP contribution in [0.1, 0.15) is 18.4 Å². The van der Waals surface area contributed by atoms with E-state index >= 15 is 0 Å². The van der Waals surface area contributed by atoms with Gasteiger partial charge in [-0.2, -0.15) is 4.39 Å². The Hall–Kier alpha value is -1.98. The molecule has 1 fully saturated rings. The third-order valence-corrected chi connectivity index (χ3v) is 3.44. The van der Waals surface area contributed by atoms with Crippen molar-refractivity contribution in [2.45, 2.75) is 18.3 Å². The van der Waals surface area contributed by atoms with Crippen molar-refractivity contribution < 1.29 is 28.5 Å². The summed E-state index contributed by atoms with van der Waals surface area (Å²) in [4.78, 5) is 11.3. The number of carboxylic acids is 1. The molecule has 0 radical (unpaired) electrons. The Morgan fingerprint density at radius 1 is 1.50 bits per heavy atom. The molecule has 1 saturated carbocycles. The lowest BCUT2D eigenvalue weighted by Gasteiger charge is -2.16. The summed E-state index contributed by atoms with van der Waals surface area (Å²) >= 11 is 0. The van der Waals surface area contributed by atoms with Crippen molar-refractivity contribution in [1.29, 1.82) is 0 Å². The summed E-state index contributed by atoms with van der Waals surface area (Å²) in [5.74, 6) is -1.53. The number of carbonyl (C=O) groups is 1. The van der Waals surface area contributed by atoms with Gasteiger partial charge in [0, 0.05) is 5.56 Å². The highest BCUT2D eigenvalue weighted by molar-refractivity contribution is 5.86. The van der Waals surface area contributed by atoms with Crippen LogP contribution in [-0.2, 0) is 10.2 Å². The number of ether oxygens (including phenoxy) is 3. The van der Waals surface area contributed by atoms with Gasteiger partial charge in [0.1, 0.15) is 0 Å². The molecule has 1 aromatic rings. The van der Waals surface area contributed by atoms with Crippen molar-refractivity contribution in [1.82, 2.24) is 0 Å². The van der Waals surface area contributed by atoms with Gasteiger partial charge in [-0.15, -0.1) is 0 Å². The van der Waals surface area contributed by atoms with E-state index < -0.39 is 17.2 Å². The summed E-state index contributed by atoms with van der Waals surface area (Å²) in [6, 6.07) is 1.51. The van der Waals surface area contributed by atoms with Gasteiger partial charge in [0.15, 0.2) is 11.5 Å². The fraction of sp³-hybridized carbons (Fsp3) is 0.417. The maximum Gasteiger partial charge on any atom is 0.314 e. The smallest absolute Gasteiger partial charge is 0.314 e. The van der Waals surface area contributed by atoms with Gasteiger partial charge < -0.3 is 19.3 Å². The van der Waals surface area contributed by atoms with Crippen molar-refractivity contribution in [3.05, 3.63) is 17.4 Å². The third kappa shape index (κ3) is 1.28. The Balaban J connectivity index is 2.21. The van der Waals surface area contributed by atoms with E-state index in [0.29, 0.717) is 18.4 Å². The summed E-state index contributed by atoms with van der Waals surface area (Å²) in [5, 5.41) is 9.27. The van der Waals surface area contributed by atoms with Crippen LogP contribution in [0, 0.1) is 5.82 Å². The average Bonchev–Trinajstić information content (AvgIpc) is 3.02. The van der Waals surface area contributed by atoms with Crippen LogP contribution in [0.4, 0.5) is 4.39 Å². The van der Waals surface area contributed by atoms with Crippen LogP contribution in [0.15, 0.2) is 6.07 Å². The van der Waals surface area contributed by atoms with Gasteiger partial charge in [-0.1, -0.05) is 0 Å². The molecule has 0 aromatic heterocycles. The zero-order valence-electron chi connectivity index (χ0n) is 9.66. The van der Waals surface area contributed by atoms with Crippen LogP contribution in [0.5, 0.6) is 17.2 Å². The Bertz CT molecular complexity index is 536. The van der Waals surface area contributed by atoms with Gasteiger partial charge in [-0.3, -0.25) is 4.79 Å². The number of carboxylic acid groups (broad SMARTS) is 1. The first-order valence-corrected chi connectivity index (χ1v) is 5.50. The predicted octanol–water partition coefficient (Wildman–Crippen LogP) is 1.68. The Morgan fingerprint density at radius 3 is 2.78 bits per heavy atom. The lowest BCUT2D eigenvalue weighted by Crippen LogP contribution is -2.20. The van der Waals surface area contributed by atoms with Crippen molar-refractivity contribution in [3.63, 3.8) is 0 Å². The van der Waals surface area contributed by atoms with E-state index in [1.54, 1.807) is 0 Å². The molecule has 6 heteroatoms. The molecule has 1 N–H and O–H groups in total.